The fraction of sp³-hybridized carbons (Fsp3) is 0.400. The van der Waals surface area contributed by atoms with E-state index >= 15 is 0 Å². The summed E-state index contributed by atoms with van der Waals surface area (Å²) >= 11 is 0. The van der Waals surface area contributed by atoms with E-state index in [0.717, 1.165) is 11.3 Å². The van der Waals surface area contributed by atoms with E-state index in [4.69, 9.17) is 0 Å². The predicted octanol–water partition coefficient (Wildman–Crippen LogP) is 2.29. The molecule has 0 spiro atoms. The van der Waals surface area contributed by atoms with Crippen molar-refractivity contribution in [3.05, 3.63) is 54.1 Å². The maximum atomic E-state index is 9.50. The van der Waals surface area contributed by atoms with Gasteiger partial charge in [0.2, 0.25) is 0 Å². The van der Waals surface area contributed by atoms with Crippen LogP contribution in [-0.2, 0) is 6.54 Å². The highest BCUT2D eigenvalue weighted by Crippen LogP contribution is 2.14. The van der Waals surface area contributed by atoms with Gasteiger partial charge in [0.15, 0.2) is 0 Å². The lowest BCUT2D eigenvalue weighted by atomic mass is 10.1. The van der Waals surface area contributed by atoms with Gasteiger partial charge in [-0.2, -0.15) is 0 Å². The summed E-state index contributed by atoms with van der Waals surface area (Å²) in [6.07, 6.45) is 3.71. The van der Waals surface area contributed by atoms with Crippen LogP contribution in [0.1, 0.15) is 37.2 Å². The summed E-state index contributed by atoms with van der Waals surface area (Å²) in [6, 6.07) is 10.3. The molecule has 0 unspecified atom stereocenters. The van der Waals surface area contributed by atoms with Crippen molar-refractivity contribution in [1.82, 2.24) is 14.9 Å². The Bertz CT molecular complexity index is 493. The number of benzene rings is 1. The van der Waals surface area contributed by atoms with Crippen LogP contribution in [0, 0.1) is 0 Å². The molecule has 0 aliphatic carbocycles. The standard InChI is InChI=1S/C15H21N3O/c1-12(2)18-11-16-8-14(18)9-17-15(10-19)13-6-4-3-5-7-13/h3-8,11-12,15,17,19H,9-10H2,1-2H3/t15-/m0/s1. The molecule has 2 rings (SSSR count). The van der Waals surface area contributed by atoms with E-state index in [1.807, 2.05) is 42.9 Å². The molecule has 0 aliphatic heterocycles. The van der Waals surface area contributed by atoms with Crippen LogP contribution in [0.4, 0.5) is 0 Å². The third-order valence-corrected chi connectivity index (χ3v) is 3.22. The molecule has 1 atom stereocenters. The third-order valence-electron chi connectivity index (χ3n) is 3.22. The molecular formula is C15H21N3O. The van der Waals surface area contributed by atoms with Crippen LogP contribution in [0.2, 0.25) is 0 Å². The lowest BCUT2D eigenvalue weighted by Crippen LogP contribution is -2.25. The van der Waals surface area contributed by atoms with Gasteiger partial charge in [-0.05, 0) is 19.4 Å². The van der Waals surface area contributed by atoms with Crippen molar-refractivity contribution in [3.63, 3.8) is 0 Å². The second kappa shape index (κ2) is 6.50. The molecule has 102 valence electrons. The Balaban J connectivity index is 2.02. The summed E-state index contributed by atoms with van der Waals surface area (Å²) in [6.45, 7) is 5.04. The number of nitrogens with one attached hydrogen (secondary N) is 1. The minimum absolute atomic E-state index is 0.0447. The minimum atomic E-state index is -0.0447. The first kappa shape index (κ1) is 13.8. The van der Waals surface area contributed by atoms with Gasteiger partial charge in [0.1, 0.15) is 0 Å². The van der Waals surface area contributed by atoms with Gasteiger partial charge in [0, 0.05) is 18.8 Å². The van der Waals surface area contributed by atoms with E-state index in [2.05, 4.69) is 28.7 Å². The number of nitrogens with zero attached hydrogens (tertiary/aromatic N) is 2. The van der Waals surface area contributed by atoms with Crippen molar-refractivity contribution in [2.24, 2.45) is 0 Å². The van der Waals surface area contributed by atoms with E-state index in [1.165, 1.54) is 0 Å². The quantitative estimate of drug-likeness (QED) is 0.837. The van der Waals surface area contributed by atoms with Gasteiger partial charge in [0.25, 0.3) is 0 Å². The van der Waals surface area contributed by atoms with Gasteiger partial charge in [-0.25, -0.2) is 4.98 Å². The van der Waals surface area contributed by atoms with Gasteiger partial charge in [-0.3, -0.25) is 0 Å². The van der Waals surface area contributed by atoms with Crippen LogP contribution in [0.5, 0.6) is 0 Å². The average molecular weight is 259 g/mol. The molecule has 0 saturated carbocycles. The Morgan fingerprint density at radius 1 is 1.26 bits per heavy atom. The SMILES string of the molecule is CC(C)n1cncc1CN[C@@H](CO)c1ccccc1. The number of rotatable bonds is 6. The molecule has 2 aromatic rings. The highest BCUT2D eigenvalue weighted by atomic mass is 16.3. The number of hydrogen-bond acceptors (Lipinski definition) is 3. The summed E-state index contributed by atoms with van der Waals surface area (Å²) in [5, 5.41) is 12.9. The third kappa shape index (κ3) is 3.43. The number of hydrogen-bond donors (Lipinski definition) is 2. The van der Waals surface area contributed by atoms with E-state index in [9.17, 15) is 5.11 Å². The summed E-state index contributed by atoms with van der Waals surface area (Å²) in [5.74, 6) is 0. The van der Waals surface area contributed by atoms with E-state index in [0.29, 0.717) is 12.6 Å². The van der Waals surface area contributed by atoms with Gasteiger partial charge in [-0.1, -0.05) is 30.3 Å². The van der Waals surface area contributed by atoms with Crippen molar-refractivity contribution in [2.45, 2.75) is 32.5 Å². The zero-order valence-electron chi connectivity index (χ0n) is 11.5. The Labute approximate surface area is 114 Å². The van der Waals surface area contributed by atoms with Crippen molar-refractivity contribution in [1.29, 1.82) is 0 Å². The van der Waals surface area contributed by atoms with Gasteiger partial charge in [0.05, 0.1) is 24.7 Å². The zero-order chi connectivity index (χ0) is 13.7. The maximum absolute atomic E-state index is 9.50. The molecule has 19 heavy (non-hydrogen) atoms. The molecule has 2 N–H and O–H groups in total. The molecule has 1 heterocycles. The lowest BCUT2D eigenvalue weighted by Gasteiger charge is -2.18. The molecule has 0 fully saturated rings. The zero-order valence-corrected chi connectivity index (χ0v) is 11.5. The van der Waals surface area contributed by atoms with Crippen LogP contribution in [-0.4, -0.2) is 21.3 Å². The smallest absolute Gasteiger partial charge is 0.0951 e. The van der Waals surface area contributed by atoms with E-state index in [-0.39, 0.29) is 12.6 Å². The van der Waals surface area contributed by atoms with Crippen LogP contribution in [0.25, 0.3) is 0 Å². The van der Waals surface area contributed by atoms with Crippen molar-refractivity contribution < 1.29 is 5.11 Å². The molecule has 4 heteroatoms. The summed E-state index contributed by atoms with van der Waals surface area (Å²) < 4.78 is 2.13. The monoisotopic (exact) mass is 259 g/mol. The van der Waals surface area contributed by atoms with Crippen molar-refractivity contribution in [2.75, 3.05) is 6.61 Å². The van der Waals surface area contributed by atoms with Gasteiger partial charge in [-0.15, -0.1) is 0 Å². The molecule has 0 radical (unpaired) electrons. The van der Waals surface area contributed by atoms with E-state index in [1.54, 1.807) is 0 Å². The molecule has 0 aliphatic rings. The summed E-state index contributed by atoms with van der Waals surface area (Å²) in [4.78, 5) is 4.18. The van der Waals surface area contributed by atoms with Crippen molar-refractivity contribution in [3.8, 4) is 0 Å². The first-order valence-electron chi connectivity index (χ1n) is 6.62. The van der Waals surface area contributed by atoms with Crippen molar-refractivity contribution >= 4 is 0 Å². The van der Waals surface area contributed by atoms with Gasteiger partial charge < -0.3 is 15.0 Å². The molecular weight excluding hydrogens is 238 g/mol. The number of aliphatic hydroxyl groups excluding tert-OH is 1. The Kier molecular flexibility index (Phi) is 4.71. The Morgan fingerprint density at radius 3 is 2.63 bits per heavy atom. The van der Waals surface area contributed by atoms with Gasteiger partial charge >= 0.3 is 0 Å². The molecule has 4 nitrogen and oxygen atoms in total. The fourth-order valence-corrected chi connectivity index (χ4v) is 2.13. The average Bonchev–Trinajstić information content (AvgIpc) is 2.89. The van der Waals surface area contributed by atoms with Crippen LogP contribution in [0.15, 0.2) is 42.9 Å². The van der Waals surface area contributed by atoms with Crippen LogP contribution < -0.4 is 5.32 Å². The second-order valence-corrected chi connectivity index (χ2v) is 4.91. The van der Waals surface area contributed by atoms with E-state index < -0.39 is 0 Å². The number of imidazole rings is 1. The second-order valence-electron chi connectivity index (χ2n) is 4.91. The first-order chi connectivity index (χ1) is 9.22. The summed E-state index contributed by atoms with van der Waals surface area (Å²) in [5.41, 5.74) is 2.23. The number of aromatic nitrogens is 2. The molecule has 0 bridgehead atoms. The Morgan fingerprint density at radius 2 is 2.00 bits per heavy atom. The molecule has 0 saturated heterocycles. The first-order valence-corrected chi connectivity index (χ1v) is 6.62. The maximum Gasteiger partial charge on any atom is 0.0951 e. The number of aliphatic hydroxyl groups is 1. The fourth-order valence-electron chi connectivity index (χ4n) is 2.13. The molecule has 0 amide bonds. The lowest BCUT2D eigenvalue weighted by molar-refractivity contribution is 0.242. The highest BCUT2D eigenvalue weighted by Gasteiger charge is 2.11. The minimum Gasteiger partial charge on any atom is -0.394 e. The van der Waals surface area contributed by atoms with Crippen LogP contribution in [0.3, 0.4) is 0 Å². The molecule has 1 aromatic carbocycles. The highest BCUT2D eigenvalue weighted by molar-refractivity contribution is 5.19. The Hall–Kier alpha value is -1.65. The molecule has 1 aromatic heterocycles. The topological polar surface area (TPSA) is 50.1 Å². The largest absolute Gasteiger partial charge is 0.394 e. The summed E-state index contributed by atoms with van der Waals surface area (Å²) in [7, 11) is 0. The normalized spacial score (nSPS) is 12.8. The van der Waals surface area contributed by atoms with Crippen LogP contribution >= 0.6 is 0 Å². The predicted molar refractivity (Wildman–Crippen MR) is 75.7 cm³/mol.